The second-order valence-corrected chi connectivity index (χ2v) is 2.24. The molecule has 0 saturated heterocycles. The summed E-state index contributed by atoms with van der Waals surface area (Å²) in [5.74, 6) is -0.709. The van der Waals surface area contributed by atoms with Crippen molar-refractivity contribution in [1.29, 1.82) is 0 Å². The van der Waals surface area contributed by atoms with Crippen molar-refractivity contribution in [3.05, 3.63) is 24.0 Å². The van der Waals surface area contributed by atoms with E-state index in [9.17, 15) is 13.6 Å². The number of carbonyl (C=O) groups is 1. The van der Waals surface area contributed by atoms with Crippen LogP contribution in [0.5, 0.6) is 0 Å². The molecule has 0 unspecified atom stereocenters. The molecule has 1 aromatic heterocycles. The Morgan fingerprint density at radius 3 is 3.00 bits per heavy atom. The van der Waals surface area contributed by atoms with Gasteiger partial charge in [0.2, 0.25) is 0 Å². The summed E-state index contributed by atoms with van der Waals surface area (Å²) in [4.78, 5) is 15.2. The van der Waals surface area contributed by atoms with Gasteiger partial charge in [-0.15, -0.1) is 5.10 Å². The van der Waals surface area contributed by atoms with E-state index in [-0.39, 0.29) is 5.69 Å². The van der Waals surface area contributed by atoms with Crippen LogP contribution in [0.25, 0.3) is 0 Å². The van der Waals surface area contributed by atoms with E-state index in [4.69, 9.17) is 0 Å². The monoisotopic (exact) mass is 203 g/mol. The van der Waals surface area contributed by atoms with E-state index in [1.54, 1.807) is 0 Å². The first-order valence-electron chi connectivity index (χ1n) is 3.68. The van der Waals surface area contributed by atoms with Gasteiger partial charge in [-0.25, -0.2) is 14.3 Å². The Morgan fingerprint density at radius 1 is 1.64 bits per heavy atom. The molecule has 14 heavy (non-hydrogen) atoms. The van der Waals surface area contributed by atoms with Gasteiger partial charge in [0.15, 0.2) is 5.69 Å². The Kier molecular flexibility index (Phi) is 3.86. The van der Waals surface area contributed by atoms with E-state index in [2.05, 4.69) is 15.0 Å². The van der Waals surface area contributed by atoms with Crippen molar-refractivity contribution in [2.75, 3.05) is 6.61 Å². The number of nitrogens with one attached hydrogen (secondary N) is 1. The van der Waals surface area contributed by atoms with Crippen LogP contribution < -0.4 is 5.48 Å². The molecule has 0 aromatic carbocycles. The highest BCUT2D eigenvalue weighted by Gasteiger charge is 2.08. The van der Waals surface area contributed by atoms with Gasteiger partial charge in [-0.1, -0.05) is 0 Å². The highest BCUT2D eigenvalue weighted by Crippen LogP contribution is 1.93. The Morgan fingerprint density at radius 2 is 2.43 bits per heavy atom. The van der Waals surface area contributed by atoms with E-state index < -0.39 is 18.9 Å². The number of rotatable bonds is 4. The van der Waals surface area contributed by atoms with Gasteiger partial charge in [-0.2, -0.15) is 5.10 Å². The minimum absolute atomic E-state index is 0.00164. The molecule has 0 aliphatic rings. The average Bonchev–Trinajstić information content (AvgIpc) is 2.18. The summed E-state index contributed by atoms with van der Waals surface area (Å²) in [5.41, 5.74) is 1.81. The lowest BCUT2D eigenvalue weighted by Gasteiger charge is -2.03. The fourth-order valence-corrected chi connectivity index (χ4v) is 0.645. The number of nitrogens with zero attached hydrogens (tertiary/aromatic N) is 2. The summed E-state index contributed by atoms with van der Waals surface area (Å²) in [7, 11) is 0. The van der Waals surface area contributed by atoms with Gasteiger partial charge in [-0.05, 0) is 12.1 Å². The first-order valence-corrected chi connectivity index (χ1v) is 3.68. The zero-order chi connectivity index (χ0) is 10.4. The molecule has 0 radical (unpaired) electrons. The van der Waals surface area contributed by atoms with Crippen LogP contribution in [0, 0.1) is 0 Å². The van der Waals surface area contributed by atoms with E-state index in [1.165, 1.54) is 18.3 Å². The highest BCUT2D eigenvalue weighted by atomic mass is 19.3. The van der Waals surface area contributed by atoms with Crippen molar-refractivity contribution in [2.45, 2.75) is 6.43 Å². The smallest absolute Gasteiger partial charge is 0.267 e. The molecular formula is C7H7F2N3O2. The largest absolute Gasteiger partial charge is 0.295 e. The zero-order valence-electron chi connectivity index (χ0n) is 6.98. The summed E-state index contributed by atoms with van der Waals surface area (Å²) in [6.45, 7) is -0.855. The van der Waals surface area contributed by atoms with Crippen LogP contribution >= 0.6 is 0 Å². The normalized spacial score (nSPS) is 10.2. The average molecular weight is 203 g/mol. The maximum atomic E-state index is 11.6. The second kappa shape index (κ2) is 5.18. The Bertz CT molecular complexity index is 294. The molecule has 1 rings (SSSR count). The van der Waals surface area contributed by atoms with Crippen LogP contribution in [0.3, 0.4) is 0 Å². The van der Waals surface area contributed by atoms with Crippen LogP contribution in [0.2, 0.25) is 0 Å². The summed E-state index contributed by atoms with van der Waals surface area (Å²) in [6, 6.07) is 2.88. The van der Waals surface area contributed by atoms with Crippen LogP contribution in [-0.4, -0.2) is 29.1 Å². The van der Waals surface area contributed by atoms with E-state index in [0.717, 1.165) is 0 Å². The van der Waals surface area contributed by atoms with Gasteiger partial charge in [0, 0.05) is 6.20 Å². The maximum absolute atomic E-state index is 11.6. The fraction of sp³-hybridized carbons (Fsp3) is 0.286. The minimum Gasteiger partial charge on any atom is -0.267 e. The quantitative estimate of drug-likeness (QED) is 0.719. The van der Waals surface area contributed by atoms with Crippen molar-refractivity contribution >= 4 is 5.91 Å². The lowest BCUT2D eigenvalue weighted by atomic mass is 10.4. The highest BCUT2D eigenvalue weighted by molar-refractivity contribution is 5.91. The first kappa shape index (κ1) is 10.5. The van der Waals surface area contributed by atoms with E-state index in [1.807, 2.05) is 5.48 Å². The van der Waals surface area contributed by atoms with Crippen molar-refractivity contribution in [2.24, 2.45) is 0 Å². The van der Waals surface area contributed by atoms with Gasteiger partial charge in [0.1, 0.15) is 6.61 Å². The van der Waals surface area contributed by atoms with Gasteiger partial charge < -0.3 is 0 Å². The molecule has 1 heterocycles. The number of alkyl halides is 2. The molecule has 0 atom stereocenters. The van der Waals surface area contributed by atoms with Crippen LogP contribution in [0.15, 0.2) is 18.3 Å². The summed E-state index contributed by atoms with van der Waals surface area (Å²) >= 11 is 0. The van der Waals surface area contributed by atoms with Gasteiger partial charge in [0.05, 0.1) is 0 Å². The van der Waals surface area contributed by atoms with Crippen molar-refractivity contribution in [3.8, 4) is 0 Å². The summed E-state index contributed by atoms with van der Waals surface area (Å²) in [5, 5.41) is 6.88. The predicted octanol–water partition coefficient (Wildman–Crippen LogP) is 0.403. The molecule has 76 valence electrons. The zero-order valence-corrected chi connectivity index (χ0v) is 6.98. The molecule has 0 spiro atoms. The number of hydrogen-bond acceptors (Lipinski definition) is 4. The predicted molar refractivity (Wildman–Crippen MR) is 41.5 cm³/mol. The number of aromatic nitrogens is 2. The van der Waals surface area contributed by atoms with E-state index >= 15 is 0 Å². The van der Waals surface area contributed by atoms with Crippen molar-refractivity contribution in [3.63, 3.8) is 0 Å². The van der Waals surface area contributed by atoms with Crippen LogP contribution in [0.1, 0.15) is 10.5 Å². The molecule has 1 amide bonds. The van der Waals surface area contributed by atoms with E-state index in [0.29, 0.717) is 0 Å². The minimum atomic E-state index is -2.63. The number of halogens is 2. The third-order valence-corrected chi connectivity index (χ3v) is 1.18. The topological polar surface area (TPSA) is 64.1 Å². The van der Waals surface area contributed by atoms with Crippen LogP contribution in [-0.2, 0) is 4.84 Å². The standard InChI is InChI=1S/C7H7F2N3O2/c8-6(9)4-14-12-7(13)5-2-1-3-10-11-5/h1-3,6H,4H2,(H,12,13). The maximum Gasteiger partial charge on any atom is 0.295 e. The van der Waals surface area contributed by atoms with Crippen LogP contribution in [0.4, 0.5) is 8.78 Å². The first-order chi connectivity index (χ1) is 6.70. The summed E-state index contributed by atoms with van der Waals surface area (Å²) < 4.78 is 23.2. The molecule has 0 saturated carbocycles. The number of amides is 1. The fourth-order valence-electron chi connectivity index (χ4n) is 0.645. The molecule has 0 bridgehead atoms. The number of carbonyl (C=O) groups excluding carboxylic acids is 1. The molecule has 1 aromatic rings. The van der Waals surface area contributed by atoms with Gasteiger partial charge in [-0.3, -0.25) is 9.63 Å². The SMILES string of the molecule is O=C(NOCC(F)F)c1cccnn1. The van der Waals surface area contributed by atoms with Crippen molar-refractivity contribution in [1.82, 2.24) is 15.7 Å². The molecule has 0 aliphatic carbocycles. The Hall–Kier alpha value is -1.63. The third kappa shape index (κ3) is 3.40. The Labute approximate surface area is 78.0 Å². The van der Waals surface area contributed by atoms with Crippen molar-refractivity contribution < 1.29 is 18.4 Å². The molecule has 1 N–H and O–H groups in total. The second-order valence-electron chi connectivity index (χ2n) is 2.24. The Balaban J connectivity index is 2.36. The molecule has 5 nitrogen and oxygen atoms in total. The lowest BCUT2D eigenvalue weighted by molar-refractivity contribution is -0.0255. The summed E-state index contributed by atoms with van der Waals surface area (Å²) in [6.07, 6.45) is -1.24. The van der Waals surface area contributed by atoms with Gasteiger partial charge >= 0.3 is 0 Å². The molecule has 0 fully saturated rings. The number of hydroxylamine groups is 1. The molecule has 0 aliphatic heterocycles. The van der Waals surface area contributed by atoms with Gasteiger partial charge in [0.25, 0.3) is 12.3 Å². The third-order valence-electron chi connectivity index (χ3n) is 1.18. The molecular weight excluding hydrogens is 196 g/mol. The number of hydrogen-bond donors (Lipinski definition) is 1. The molecule has 7 heteroatoms. The lowest BCUT2D eigenvalue weighted by Crippen LogP contribution is -2.27.